The van der Waals surface area contributed by atoms with Gasteiger partial charge in [0.05, 0.1) is 7.11 Å². The monoisotopic (exact) mass is 508 g/mol. The third-order valence-electron chi connectivity index (χ3n) is 6.68. The van der Waals surface area contributed by atoms with Crippen LogP contribution in [0.1, 0.15) is 96.1 Å². The Labute approximate surface area is 218 Å². The summed E-state index contributed by atoms with van der Waals surface area (Å²) in [7, 11) is 1.39. The van der Waals surface area contributed by atoms with Crippen molar-refractivity contribution in [2.75, 3.05) is 13.7 Å². The molecule has 0 aliphatic heterocycles. The van der Waals surface area contributed by atoms with Crippen molar-refractivity contribution in [3.8, 4) is 11.5 Å². The Hall–Kier alpha value is -3.48. The summed E-state index contributed by atoms with van der Waals surface area (Å²) in [4.78, 5) is 46.0. The molecule has 0 spiro atoms. The average Bonchev–Trinajstić information content (AvgIpc) is 2.89. The van der Waals surface area contributed by atoms with Gasteiger partial charge in [-0.2, -0.15) is 0 Å². The molecule has 2 aliphatic rings. The highest BCUT2D eigenvalue weighted by Gasteiger charge is 2.18. The maximum Gasteiger partial charge on any atom is 0.305 e. The molecule has 7 nitrogen and oxygen atoms in total. The second-order valence-corrected chi connectivity index (χ2v) is 9.53. The predicted octanol–water partition coefficient (Wildman–Crippen LogP) is 5.58. The van der Waals surface area contributed by atoms with E-state index in [1.807, 2.05) is 6.07 Å². The highest BCUT2D eigenvalue weighted by Crippen LogP contribution is 2.26. The zero-order valence-corrected chi connectivity index (χ0v) is 21.6. The Morgan fingerprint density at radius 3 is 2.03 bits per heavy atom. The number of esters is 1. The van der Waals surface area contributed by atoms with E-state index in [2.05, 4.69) is 4.74 Å². The second-order valence-electron chi connectivity index (χ2n) is 9.53. The number of methoxy groups -OCH3 is 1. The van der Waals surface area contributed by atoms with Crippen LogP contribution in [-0.4, -0.2) is 42.1 Å². The van der Waals surface area contributed by atoms with Crippen molar-refractivity contribution in [2.24, 2.45) is 0 Å². The zero-order valence-electron chi connectivity index (χ0n) is 21.6. The molecule has 0 radical (unpaired) electrons. The number of benzene rings is 2. The molecule has 2 aliphatic carbocycles. The van der Waals surface area contributed by atoms with Crippen LogP contribution in [0.5, 0.6) is 11.5 Å². The summed E-state index contributed by atoms with van der Waals surface area (Å²) >= 11 is 0. The van der Waals surface area contributed by atoms with Gasteiger partial charge in [-0.1, -0.05) is 12.8 Å². The Bertz CT molecular complexity index is 1120. The van der Waals surface area contributed by atoms with Crippen molar-refractivity contribution in [2.45, 2.75) is 77.0 Å². The number of carbonyl (C=O) groups is 4. The Morgan fingerprint density at radius 1 is 0.784 bits per heavy atom. The highest BCUT2D eigenvalue weighted by molar-refractivity contribution is 5.99. The van der Waals surface area contributed by atoms with Gasteiger partial charge in [-0.25, -0.2) is 0 Å². The average molecular weight is 509 g/mol. The van der Waals surface area contributed by atoms with Gasteiger partial charge in [0.1, 0.15) is 18.1 Å². The summed E-state index contributed by atoms with van der Waals surface area (Å²) in [6, 6.07) is 10.4. The second kappa shape index (κ2) is 14.3. The fourth-order valence-corrected chi connectivity index (χ4v) is 4.63. The van der Waals surface area contributed by atoms with Gasteiger partial charge in [-0.05, 0) is 86.1 Å². The minimum Gasteiger partial charge on any atom is -0.508 e. The van der Waals surface area contributed by atoms with E-state index < -0.39 is 0 Å². The van der Waals surface area contributed by atoms with E-state index in [0.717, 1.165) is 73.6 Å². The Kier molecular flexibility index (Phi) is 10.9. The summed E-state index contributed by atoms with van der Waals surface area (Å²) in [6.07, 6.45) is 9.23. The van der Waals surface area contributed by atoms with Gasteiger partial charge >= 0.3 is 5.97 Å². The van der Waals surface area contributed by atoms with E-state index in [0.29, 0.717) is 31.4 Å². The molecule has 0 bridgehead atoms. The summed E-state index contributed by atoms with van der Waals surface area (Å²) in [5.41, 5.74) is 3.59. The molecule has 7 heteroatoms. The SMILES string of the molecule is COC(=O)CCCCCCC(=O)COc1ccc2c(c1)CCCC2=O.O=C1CCCc2cc(O)ccc21. The molecule has 1 N–H and O–H groups in total. The van der Waals surface area contributed by atoms with Crippen LogP contribution < -0.4 is 4.74 Å². The number of aromatic hydroxyl groups is 1. The predicted molar refractivity (Wildman–Crippen MR) is 139 cm³/mol. The number of ether oxygens (including phenoxy) is 2. The van der Waals surface area contributed by atoms with Crippen molar-refractivity contribution in [3.05, 3.63) is 58.7 Å². The van der Waals surface area contributed by atoms with Crippen LogP contribution in [-0.2, 0) is 27.2 Å². The maximum atomic E-state index is 11.9. The first-order chi connectivity index (χ1) is 17.9. The number of hydrogen-bond donors (Lipinski definition) is 1. The lowest BCUT2D eigenvalue weighted by Crippen LogP contribution is -2.13. The van der Waals surface area contributed by atoms with Gasteiger partial charge in [0.2, 0.25) is 0 Å². The van der Waals surface area contributed by atoms with Crippen LogP contribution in [0.2, 0.25) is 0 Å². The van der Waals surface area contributed by atoms with Crippen LogP contribution in [0.3, 0.4) is 0 Å². The van der Waals surface area contributed by atoms with Crippen LogP contribution in [0.4, 0.5) is 0 Å². The smallest absolute Gasteiger partial charge is 0.305 e. The van der Waals surface area contributed by atoms with Gasteiger partial charge in [0, 0.05) is 36.8 Å². The molecule has 0 heterocycles. The summed E-state index contributed by atoms with van der Waals surface area (Å²) < 4.78 is 10.2. The molecular formula is C30H36O7. The molecule has 4 rings (SSSR count). The molecule has 2 aromatic carbocycles. The number of rotatable bonds is 10. The molecule has 0 fully saturated rings. The van der Waals surface area contributed by atoms with Crippen LogP contribution in [0, 0.1) is 0 Å². The molecule has 0 unspecified atom stereocenters. The number of phenolic OH excluding ortho intramolecular Hbond substituents is 1. The first-order valence-corrected chi connectivity index (χ1v) is 13.1. The van der Waals surface area contributed by atoms with E-state index >= 15 is 0 Å². The molecule has 0 amide bonds. The number of carbonyl (C=O) groups excluding carboxylic acids is 4. The van der Waals surface area contributed by atoms with Gasteiger partial charge in [-0.15, -0.1) is 0 Å². The first-order valence-electron chi connectivity index (χ1n) is 13.1. The topological polar surface area (TPSA) is 107 Å². The molecule has 0 atom stereocenters. The Morgan fingerprint density at radius 2 is 1.38 bits per heavy atom. The Balaban J connectivity index is 0.000000262. The highest BCUT2D eigenvalue weighted by atomic mass is 16.5. The number of phenols is 1. The van der Waals surface area contributed by atoms with Crippen molar-refractivity contribution >= 4 is 23.3 Å². The van der Waals surface area contributed by atoms with Crippen molar-refractivity contribution in [1.82, 2.24) is 0 Å². The molecule has 37 heavy (non-hydrogen) atoms. The van der Waals surface area contributed by atoms with Crippen LogP contribution in [0.15, 0.2) is 36.4 Å². The normalized spacial score (nSPS) is 14.1. The lowest BCUT2D eigenvalue weighted by molar-refractivity contribution is -0.140. The number of aryl methyl sites for hydroxylation is 2. The number of ketones is 3. The van der Waals surface area contributed by atoms with Crippen molar-refractivity contribution < 1.29 is 33.8 Å². The molecule has 0 saturated heterocycles. The first kappa shape index (κ1) is 28.1. The lowest BCUT2D eigenvalue weighted by Gasteiger charge is -2.15. The number of hydrogen-bond acceptors (Lipinski definition) is 7. The van der Waals surface area contributed by atoms with Crippen LogP contribution >= 0.6 is 0 Å². The van der Waals surface area contributed by atoms with E-state index in [-0.39, 0.29) is 35.7 Å². The zero-order chi connectivity index (χ0) is 26.6. The standard InChI is InChI=1S/C20H26O5.C10H10O2/c1-24-20(23)10-5-3-2-4-8-16(21)14-25-17-11-12-18-15(13-17)7-6-9-19(18)22;11-8-4-5-9-7(6-8)2-1-3-10(9)12/h11-13H,2-10,14H2,1H3;4-6,11H,1-3H2. The fourth-order valence-electron chi connectivity index (χ4n) is 4.63. The van der Waals surface area contributed by atoms with Crippen molar-refractivity contribution in [3.63, 3.8) is 0 Å². The van der Waals surface area contributed by atoms with Gasteiger partial charge in [0.25, 0.3) is 0 Å². The number of Topliss-reactive ketones (excluding diaryl/α,β-unsaturated/α-hetero) is 3. The summed E-state index contributed by atoms with van der Waals surface area (Å²) in [5.74, 6) is 1.19. The van der Waals surface area contributed by atoms with E-state index in [9.17, 15) is 19.2 Å². The molecular weight excluding hydrogens is 472 g/mol. The minimum absolute atomic E-state index is 0.0644. The molecule has 0 saturated carbocycles. The fraction of sp³-hybridized carbons (Fsp3) is 0.467. The molecule has 0 aromatic heterocycles. The number of unbranched alkanes of at least 4 members (excludes halogenated alkanes) is 3. The van der Waals surface area contributed by atoms with E-state index in [1.165, 1.54) is 7.11 Å². The summed E-state index contributed by atoms with van der Waals surface area (Å²) in [5, 5.41) is 9.16. The third kappa shape index (κ3) is 8.85. The molecule has 198 valence electrons. The quantitative estimate of drug-likeness (QED) is 0.330. The molecule has 2 aromatic rings. The van der Waals surface area contributed by atoms with Gasteiger partial charge in [0.15, 0.2) is 17.3 Å². The van der Waals surface area contributed by atoms with Gasteiger partial charge < -0.3 is 14.6 Å². The van der Waals surface area contributed by atoms with Crippen LogP contribution in [0.25, 0.3) is 0 Å². The van der Waals surface area contributed by atoms with Gasteiger partial charge in [-0.3, -0.25) is 19.2 Å². The van der Waals surface area contributed by atoms with Crippen molar-refractivity contribution in [1.29, 1.82) is 0 Å². The third-order valence-corrected chi connectivity index (χ3v) is 6.68. The van der Waals surface area contributed by atoms with E-state index in [4.69, 9.17) is 9.84 Å². The number of fused-ring (bicyclic) bond motifs is 2. The van der Waals surface area contributed by atoms with E-state index in [1.54, 1.807) is 30.3 Å². The minimum atomic E-state index is -0.184. The lowest BCUT2D eigenvalue weighted by atomic mass is 9.90. The maximum absolute atomic E-state index is 11.9. The summed E-state index contributed by atoms with van der Waals surface area (Å²) in [6.45, 7) is 0.0644. The largest absolute Gasteiger partial charge is 0.508 e.